The molecule has 0 aliphatic heterocycles. The molecule has 0 heterocycles. The Labute approximate surface area is 381 Å². The molecule has 6 N–H and O–H groups in total. The van der Waals surface area contributed by atoms with Crippen LogP contribution in [0.4, 0.5) is 19.2 Å². The van der Waals surface area contributed by atoms with Crippen LogP contribution in [0.2, 0.25) is 0 Å². The number of carbonyl (C=O) groups excluding carboxylic acids is 4. The lowest BCUT2D eigenvalue weighted by Gasteiger charge is -2.20. The van der Waals surface area contributed by atoms with Gasteiger partial charge in [-0.1, -0.05) is 146 Å². The third-order valence-corrected chi connectivity index (χ3v) is 11.4. The summed E-state index contributed by atoms with van der Waals surface area (Å²) < 4.78 is 21.5. The molecule has 2 unspecified atom stereocenters. The van der Waals surface area contributed by atoms with E-state index < -0.39 is 36.8 Å². The maximum absolute atomic E-state index is 13.1. The lowest BCUT2D eigenvalue weighted by atomic mass is 9.87. The number of hydrogen-bond acceptors (Lipinski definition) is 8. The Morgan fingerprint density at radius 1 is 0.424 bits per heavy atom. The highest BCUT2D eigenvalue weighted by atomic mass is 16.6. The fourth-order valence-corrected chi connectivity index (χ4v) is 8.67. The summed E-state index contributed by atoms with van der Waals surface area (Å²) in [6.07, 6.45) is -1.12. The van der Waals surface area contributed by atoms with Crippen molar-refractivity contribution < 1.29 is 38.1 Å². The molecular formula is C54H48N4O8. The van der Waals surface area contributed by atoms with Crippen LogP contribution in [0, 0.1) is 13.8 Å². The van der Waals surface area contributed by atoms with E-state index in [9.17, 15) is 19.2 Å². The molecule has 8 aromatic carbocycles. The molecule has 0 saturated carbocycles. The van der Waals surface area contributed by atoms with Gasteiger partial charge in [0, 0.05) is 25.0 Å². The van der Waals surface area contributed by atoms with Crippen LogP contribution in [-0.2, 0) is 22.3 Å². The van der Waals surface area contributed by atoms with Crippen LogP contribution in [0.15, 0.2) is 146 Å². The second-order valence-electron chi connectivity index (χ2n) is 15.8. The Bertz CT molecular complexity index is 2910. The highest BCUT2D eigenvalue weighted by Crippen LogP contribution is 2.45. The summed E-state index contributed by atoms with van der Waals surface area (Å²) in [5.74, 6) is 0.677. The number of fused-ring (bicyclic) bond motifs is 4. The molecule has 0 aliphatic rings. The van der Waals surface area contributed by atoms with Gasteiger partial charge in [0.15, 0.2) is 12.5 Å². The van der Waals surface area contributed by atoms with Gasteiger partial charge in [0.2, 0.25) is 0 Å². The molecule has 332 valence electrons. The van der Waals surface area contributed by atoms with E-state index in [0.717, 1.165) is 115 Å². The van der Waals surface area contributed by atoms with Gasteiger partial charge in [0.25, 0.3) is 0 Å². The average Bonchev–Trinajstić information content (AvgIpc) is 3.29. The first-order chi connectivity index (χ1) is 32.0. The predicted octanol–water partition coefficient (Wildman–Crippen LogP) is 11.7. The Morgan fingerprint density at radius 2 is 0.742 bits per heavy atom. The van der Waals surface area contributed by atoms with Crippen molar-refractivity contribution in [2.24, 2.45) is 11.5 Å². The zero-order valence-electron chi connectivity index (χ0n) is 36.1. The van der Waals surface area contributed by atoms with Crippen molar-refractivity contribution in [3.05, 3.63) is 171 Å². The number of nitrogens with two attached hydrogens (primary N) is 2. The minimum Gasteiger partial charge on any atom is -0.426 e. The van der Waals surface area contributed by atoms with Crippen LogP contribution in [0.25, 0.3) is 65.3 Å². The number of rotatable bonds is 15. The van der Waals surface area contributed by atoms with Crippen molar-refractivity contribution in [2.75, 3.05) is 0 Å². The first kappa shape index (κ1) is 44.5. The van der Waals surface area contributed by atoms with Gasteiger partial charge in [0.1, 0.15) is 11.5 Å². The molecule has 8 aromatic rings. The van der Waals surface area contributed by atoms with E-state index in [0.29, 0.717) is 11.5 Å². The number of ether oxygens (including phenoxy) is 4. The van der Waals surface area contributed by atoms with Crippen LogP contribution in [0.5, 0.6) is 11.5 Å². The Balaban J connectivity index is 1.05. The van der Waals surface area contributed by atoms with E-state index in [4.69, 9.17) is 30.4 Å². The van der Waals surface area contributed by atoms with Gasteiger partial charge in [-0.3, -0.25) is 10.6 Å². The van der Waals surface area contributed by atoms with Crippen molar-refractivity contribution >= 4 is 67.5 Å². The second kappa shape index (κ2) is 20.2. The quantitative estimate of drug-likeness (QED) is 0.0579. The molecular weight excluding hydrogens is 833 g/mol. The Kier molecular flexibility index (Phi) is 13.6. The average molecular weight is 881 g/mol. The normalized spacial score (nSPS) is 12.1. The molecule has 66 heavy (non-hydrogen) atoms. The van der Waals surface area contributed by atoms with Crippen LogP contribution in [0.3, 0.4) is 0 Å². The molecule has 0 aliphatic carbocycles. The Hall–Kier alpha value is -8.12. The van der Waals surface area contributed by atoms with Crippen molar-refractivity contribution in [3.8, 4) is 33.8 Å². The number of amides is 4. The summed E-state index contributed by atoms with van der Waals surface area (Å²) >= 11 is 0. The number of carbonyl (C=O) groups is 4. The zero-order chi connectivity index (χ0) is 46.2. The molecule has 2 atom stereocenters. The van der Waals surface area contributed by atoms with Crippen LogP contribution in [-0.4, -0.2) is 36.8 Å². The maximum Gasteiger partial charge on any atom is 0.415 e. The van der Waals surface area contributed by atoms with E-state index in [1.165, 1.54) is 0 Å². The number of benzene rings is 8. The summed E-state index contributed by atoms with van der Waals surface area (Å²) in [5.41, 5.74) is 16.0. The topological polar surface area (TPSA) is 181 Å². The summed E-state index contributed by atoms with van der Waals surface area (Å²) in [6.45, 7) is 7.23. The first-order valence-electron chi connectivity index (χ1n) is 21.6. The summed E-state index contributed by atoms with van der Waals surface area (Å²) in [4.78, 5) is 48.9. The minimum atomic E-state index is -1.25. The van der Waals surface area contributed by atoms with Crippen molar-refractivity contribution in [2.45, 2.75) is 51.0 Å². The Morgan fingerprint density at radius 3 is 1.09 bits per heavy atom. The fraction of sp³-hybridized carbons (Fsp3) is 0.148. The molecule has 8 rings (SSSR count). The van der Waals surface area contributed by atoms with Gasteiger partial charge in [-0.05, 0) is 103 Å². The predicted molar refractivity (Wildman–Crippen MR) is 258 cm³/mol. The van der Waals surface area contributed by atoms with Crippen LogP contribution in [0.1, 0.15) is 36.8 Å². The van der Waals surface area contributed by atoms with E-state index in [2.05, 4.69) is 73.0 Å². The number of nitrogens with one attached hydrogen (secondary N) is 2. The second-order valence-corrected chi connectivity index (χ2v) is 15.8. The molecule has 2 radical (unpaired) electrons. The zero-order valence-corrected chi connectivity index (χ0v) is 36.1. The monoisotopic (exact) mass is 880 g/mol. The SMILES string of the molecule is [CH2]C(NC(=O)Oc1ccc2ccccc2c1-c1c(CCCCCCc2ccc3ccccc3c2-c2c(OC(=O)NC([CH2])OC(N)=O)ccc3ccccc23)ccc2ccccc12)OC(N)=O. The minimum absolute atomic E-state index is 0.338. The maximum atomic E-state index is 13.1. The first-order valence-corrected chi connectivity index (χ1v) is 21.6. The molecule has 0 bridgehead atoms. The van der Waals surface area contributed by atoms with Crippen molar-refractivity contribution in [1.82, 2.24) is 10.6 Å². The largest absolute Gasteiger partial charge is 0.426 e. The molecule has 0 aromatic heterocycles. The highest BCUT2D eigenvalue weighted by Gasteiger charge is 2.23. The molecule has 4 amide bonds. The molecule has 0 fully saturated rings. The van der Waals surface area contributed by atoms with E-state index >= 15 is 0 Å². The summed E-state index contributed by atoms with van der Waals surface area (Å²) in [6, 6.07) is 48.2. The molecule has 12 nitrogen and oxygen atoms in total. The van der Waals surface area contributed by atoms with Gasteiger partial charge in [-0.2, -0.15) is 0 Å². The molecule has 0 spiro atoms. The number of hydrogen-bond donors (Lipinski definition) is 4. The van der Waals surface area contributed by atoms with Crippen LogP contribution < -0.4 is 31.6 Å². The summed E-state index contributed by atoms with van der Waals surface area (Å²) in [5, 5.41) is 12.7. The highest BCUT2D eigenvalue weighted by molar-refractivity contribution is 6.10. The van der Waals surface area contributed by atoms with Crippen molar-refractivity contribution in [3.63, 3.8) is 0 Å². The fourth-order valence-electron chi connectivity index (χ4n) is 8.67. The third-order valence-electron chi connectivity index (χ3n) is 11.4. The standard InChI is InChI=1S/C54H48N4O8/c1-33(63-51(55)59)57-53(61)65-45-31-29-37-17-9-13-23-43(37)49(45)47-39(27-25-35-15-7-11-21-41(35)47)19-5-3-4-6-20-40-28-26-36-16-8-12-22-42(36)48(40)50-44-24-14-10-18-38(44)30-32-46(50)66-54(62)58-34(2)64-52(56)60/h7-18,21-34H,1-6,19-20H2,(H2,55,59)(H2,56,60)(H,57,61)(H,58,62). The lowest BCUT2D eigenvalue weighted by Crippen LogP contribution is -2.39. The number of primary amides is 2. The molecule has 0 saturated heterocycles. The van der Waals surface area contributed by atoms with Gasteiger partial charge in [-0.15, -0.1) is 0 Å². The molecule has 12 heteroatoms. The lowest BCUT2D eigenvalue weighted by molar-refractivity contribution is 0.106. The number of aryl methyl sites for hydroxylation is 2. The number of unbranched alkanes of at least 4 members (excludes halogenated alkanes) is 3. The van der Waals surface area contributed by atoms with Gasteiger partial charge in [-0.25, -0.2) is 19.2 Å². The van der Waals surface area contributed by atoms with E-state index in [-0.39, 0.29) is 0 Å². The smallest absolute Gasteiger partial charge is 0.415 e. The van der Waals surface area contributed by atoms with E-state index in [1.807, 2.05) is 84.9 Å². The van der Waals surface area contributed by atoms with Crippen molar-refractivity contribution in [1.29, 1.82) is 0 Å². The third kappa shape index (κ3) is 10.1. The van der Waals surface area contributed by atoms with Gasteiger partial charge >= 0.3 is 24.4 Å². The summed E-state index contributed by atoms with van der Waals surface area (Å²) in [7, 11) is 0. The van der Waals surface area contributed by atoms with Gasteiger partial charge in [0.05, 0.1) is 0 Å². The van der Waals surface area contributed by atoms with Crippen LogP contribution >= 0.6 is 0 Å². The van der Waals surface area contributed by atoms with Gasteiger partial charge < -0.3 is 30.4 Å². The van der Waals surface area contributed by atoms with E-state index in [1.54, 1.807) is 12.1 Å².